The zero-order chi connectivity index (χ0) is 53.0. The van der Waals surface area contributed by atoms with Crippen molar-refractivity contribution in [1.29, 1.82) is 5.26 Å². The first-order valence-electron chi connectivity index (χ1n) is 26.8. The molecular weight excluding hydrogens is 1010 g/mol. The molecular formula is C74H42N4S2. The van der Waals surface area contributed by atoms with E-state index in [0.29, 0.717) is 22.5 Å². The maximum Gasteiger partial charge on any atom is 0.220 e. The number of thiophene rings is 2. The lowest BCUT2D eigenvalue weighted by atomic mass is 9.88. The molecule has 0 fully saturated rings. The highest BCUT2D eigenvalue weighted by atomic mass is 32.1. The third-order valence-electron chi connectivity index (χ3n) is 16.2. The van der Waals surface area contributed by atoms with E-state index in [9.17, 15) is 11.8 Å². The third kappa shape index (κ3) is 6.65. The lowest BCUT2D eigenvalue weighted by Crippen LogP contribution is -2.09. The summed E-state index contributed by atoms with van der Waals surface area (Å²) in [5.74, 6) is 0. The van der Waals surface area contributed by atoms with Crippen LogP contribution in [0.5, 0.6) is 0 Å². The van der Waals surface area contributed by atoms with Gasteiger partial charge in [-0.1, -0.05) is 224 Å². The molecule has 4 nitrogen and oxygen atoms in total. The van der Waals surface area contributed by atoms with Crippen molar-refractivity contribution in [2.75, 3.05) is 0 Å². The highest BCUT2D eigenvalue weighted by Crippen LogP contribution is 2.56. The standard InChI is InChI=1S/C74H42N4S2/c1-76-68-64(48-29-13-5-14-30-48)58(44-75)69(65(49-31-15-6-16-32-49)71(68)77-59-36-20-17-35-54(59)67-60(77)42-41-50(45-23-7-2-8-24-45)63(67)47-27-11-4-12-28-47)78-70-55(40-39-53-51-33-18-21-37-61(51)79-73(53)70)66-56(46-25-9-3-10-26-46)43-57-52-34-19-22-38-62(52)80-74(57)72(66)78/h2-43H. The number of fused-ring (bicyclic) bond motifs is 14. The Bertz CT molecular complexity index is 5290. The smallest absolute Gasteiger partial charge is 0.220 e. The van der Waals surface area contributed by atoms with Gasteiger partial charge in [-0.05, 0) is 74.8 Å². The second kappa shape index (κ2) is 18.1. The number of benzene rings is 12. The van der Waals surface area contributed by atoms with Gasteiger partial charge in [0.1, 0.15) is 6.07 Å². The van der Waals surface area contributed by atoms with Gasteiger partial charge in [-0.2, -0.15) is 5.26 Å². The maximum absolute atomic E-state index is 12.5. The quantitative estimate of drug-likeness (QED) is 0.147. The second-order valence-electron chi connectivity index (χ2n) is 20.4. The average molecular weight is 1050 g/mol. The normalized spacial score (nSPS) is 11.7. The molecule has 0 bridgehead atoms. The van der Waals surface area contributed by atoms with Crippen molar-refractivity contribution < 1.29 is 0 Å². The first-order valence-corrected chi connectivity index (χ1v) is 28.4. The highest BCUT2D eigenvalue weighted by Gasteiger charge is 2.34. The molecule has 0 aliphatic rings. The van der Waals surface area contributed by atoms with Crippen LogP contribution < -0.4 is 0 Å². The van der Waals surface area contributed by atoms with Crippen molar-refractivity contribution >= 4 is 112 Å². The number of nitriles is 1. The van der Waals surface area contributed by atoms with Gasteiger partial charge in [-0.3, -0.25) is 0 Å². The Hall–Kier alpha value is -10.3. The number of aromatic nitrogens is 2. The van der Waals surface area contributed by atoms with Gasteiger partial charge in [0.15, 0.2) is 0 Å². The fraction of sp³-hybridized carbons (Fsp3) is 0. The van der Waals surface area contributed by atoms with Gasteiger partial charge >= 0.3 is 0 Å². The van der Waals surface area contributed by atoms with Crippen molar-refractivity contribution in [1.82, 2.24) is 9.13 Å². The molecule has 0 amide bonds. The van der Waals surface area contributed by atoms with Gasteiger partial charge in [0.2, 0.25) is 5.69 Å². The van der Waals surface area contributed by atoms with Gasteiger partial charge in [0, 0.05) is 63.6 Å². The lowest BCUT2D eigenvalue weighted by molar-refractivity contribution is 1.14. The predicted molar refractivity (Wildman–Crippen MR) is 339 cm³/mol. The summed E-state index contributed by atoms with van der Waals surface area (Å²) >= 11 is 3.60. The number of rotatable bonds is 7. The molecule has 4 aromatic heterocycles. The fourth-order valence-corrected chi connectivity index (χ4v) is 15.4. The van der Waals surface area contributed by atoms with E-state index in [1.807, 2.05) is 24.3 Å². The van der Waals surface area contributed by atoms with Crippen LogP contribution in [0.25, 0.3) is 156 Å². The molecule has 0 radical (unpaired) electrons. The van der Waals surface area contributed by atoms with Crippen LogP contribution in [-0.2, 0) is 0 Å². The predicted octanol–water partition coefficient (Wildman–Crippen LogP) is 21.4. The van der Waals surface area contributed by atoms with Crippen molar-refractivity contribution in [3.05, 3.63) is 272 Å². The summed E-state index contributed by atoms with van der Waals surface area (Å²) in [4.78, 5) is 4.69. The van der Waals surface area contributed by atoms with Gasteiger partial charge < -0.3 is 9.13 Å². The molecule has 0 unspecified atom stereocenters. The van der Waals surface area contributed by atoms with E-state index in [0.717, 1.165) is 120 Å². The summed E-state index contributed by atoms with van der Waals surface area (Å²) in [6, 6.07) is 93.3. The molecule has 16 aromatic rings. The second-order valence-corrected chi connectivity index (χ2v) is 22.5. The van der Waals surface area contributed by atoms with Crippen LogP contribution in [-0.4, -0.2) is 9.13 Å². The van der Waals surface area contributed by atoms with E-state index in [4.69, 9.17) is 0 Å². The molecule has 0 spiro atoms. The largest absolute Gasteiger partial charge is 0.318 e. The molecule has 12 aromatic carbocycles. The summed E-state index contributed by atoms with van der Waals surface area (Å²) in [5, 5.41) is 21.5. The molecule has 80 heavy (non-hydrogen) atoms. The van der Waals surface area contributed by atoms with Crippen LogP contribution >= 0.6 is 22.7 Å². The third-order valence-corrected chi connectivity index (χ3v) is 18.6. The summed E-state index contributed by atoms with van der Waals surface area (Å²) in [6.45, 7) is 9.62. The number of para-hydroxylation sites is 1. The monoisotopic (exact) mass is 1050 g/mol. The van der Waals surface area contributed by atoms with E-state index < -0.39 is 0 Å². The first kappa shape index (κ1) is 45.8. The van der Waals surface area contributed by atoms with Crippen LogP contribution in [0, 0.1) is 17.9 Å². The summed E-state index contributed by atoms with van der Waals surface area (Å²) in [5.41, 5.74) is 15.9. The Morgan fingerprint density at radius 3 is 1.45 bits per heavy atom. The topological polar surface area (TPSA) is 38.0 Å². The van der Waals surface area contributed by atoms with E-state index in [1.165, 1.54) is 20.2 Å². The molecule has 0 aliphatic heterocycles. The molecule has 0 N–H and O–H groups in total. The van der Waals surface area contributed by atoms with Crippen LogP contribution in [0.2, 0.25) is 0 Å². The van der Waals surface area contributed by atoms with Crippen LogP contribution in [0.4, 0.5) is 5.69 Å². The van der Waals surface area contributed by atoms with Crippen molar-refractivity contribution in [3.63, 3.8) is 0 Å². The Morgan fingerprint density at radius 1 is 0.362 bits per heavy atom. The maximum atomic E-state index is 12.5. The van der Waals surface area contributed by atoms with Crippen LogP contribution in [0.1, 0.15) is 5.56 Å². The Morgan fingerprint density at radius 2 is 0.850 bits per heavy atom. The number of hydrogen-bond acceptors (Lipinski definition) is 3. The molecule has 0 saturated carbocycles. The Balaban J connectivity index is 1.20. The van der Waals surface area contributed by atoms with E-state index in [2.05, 4.69) is 251 Å². The fourth-order valence-electron chi connectivity index (χ4n) is 12.9. The van der Waals surface area contributed by atoms with Crippen LogP contribution in [0.3, 0.4) is 0 Å². The summed E-state index contributed by atoms with van der Waals surface area (Å²) < 4.78 is 9.47. The Kier molecular flexibility index (Phi) is 10.4. The molecule has 0 aliphatic carbocycles. The van der Waals surface area contributed by atoms with E-state index >= 15 is 0 Å². The van der Waals surface area contributed by atoms with Crippen molar-refractivity contribution in [2.45, 2.75) is 0 Å². The lowest BCUT2D eigenvalue weighted by Gasteiger charge is -2.26. The Labute approximate surface area is 468 Å². The molecule has 6 heteroatoms. The van der Waals surface area contributed by atoms with Crippen molar-refractivity contribution in [3.8, 4) is 73.1 Å². The van der Waals surface area contributed by atoms with E-state index in [1.54, 1.807) is 22.7 Å². The van der Waals surface area contributed by atoms with Crippen LogP contribution in [0.15, 0.2) is 255 Å². The molecule has 16 rings (SSSR count). The average Bonchev–Trinajstić information content (AvgIpc) is 4.48. The SMILES string of the molecule is [C-]#[N+]c1c(-c2ccccc2)c(C#N)c(-n2c3c(ccc4c5ccccc5sc43)c3c(-c4ccccc4)cc4c5ccccc5sc4c32)c(-c2ccccc2)c1-n1c2ccccc2c2c(-c3ccccc3)c(-c3ccccc3)ccc21. The minimum atomic E-state index is 0.399. The highest BCUT2D eigenvalue weighted by molar-refractivity contribution is 7.27. The van der Waals surface area contributed by atoms with Crippen molar-refractivity contribution in [2.24, 2.45) is 0 Å². The molecule has 0 atom stereocenters. The zero-order valence-corrected chi connectivity index (χ0v) is 44.5. The summed E-state index contributed by atoms with van der Waals surface area (Å²) in [7, 11) is 0. The van der Waals surface area contributed by atoms with Gasteiger partial charge in [-0.25, -0.2) is 4.85 Å². The van der Waals surface area contributed by atoms with Gasteiger partial charge in [-0.15, -0.1) is 22.7 Å². The molecule has 0 saturated heterocycles. The number of nitrogens with zero attached hydrogens (tertiary/aromatic N) is 4. The van der Waals surface area contributed by atoms with E-state index in [-0.39, 0.29) is 0 Å². The van der Waals surface area contributed by atoms with Gasteiger partial charge in [0.05, 0.1) is 55.0 Å². The molecule has 4 heterocycles. The zero-order valence-electron chi connectivity index (χ0n) is 42.9. The summed E-state index contributed by atoms with van der Waals surface area (Å²) in [6.07, 6.45) is 0. The minimum absolute atomic E-state index is 0.399. The number of hydrogen-bond donors (Lipinski definition) is 0. The minimum Gasteiger partial charge on any atom is -0.318 e. The molecule has 370 valence electrons. The first-order chi connectivity index (χ1) is 39.7. The van der Waals surface area contributed by atoms with Gasteiger partial charge in [0.25, 0.3) is 0 Å².